The Balaban J connectivity index is 2.89. The van der Waals surface area contributed by atoms with E-state index in [0.717, 1.165) is 23.5 Å². The number of hydrogen-bond donors (Lipinski definition) is 0. The molecule has 2 heteroatoms. The Morgan fingerprint density at radius 1 is 1.12 bits per heavy atom. The van der Waals surface area contributed by atoms with E-state index >= 15 is 0 Å². The van der Waals surface area contributed by atoms with Gasteiger partial charge in [0.05, 0.1) is 0 Å². The highest BCUT2D eigenvalue weighted by molar-refractivity contribution is 5.97. The highest BCUT2D eigenvalue weighted by Crippen LogP contribution is 2.36. The summed E-state index contributed by atoms with van der Waals surface area (Å²) < 4.78 is 5.44. The van der Waals surface area contributed by atoms with Gasteiger partial charge in [0.1, 0.15) is 10.5 Å². The second kappa shape index (κ2) is 7.67. The van der Waals surface area contributed by atoms with E-state index in [1.54, 1.807) is 0 Å². The Morgan fingerprint density at radius 2 is 1.82 bits per heavy atom. The summed E-state index contributed by atoms with van der Waals surface area (Å²) in [4.78, 5) is 0. The summed E-state index contributed by atoms with van der Waals surface area (Å²) in [5.41, 5.74) is 1.83. The molecule has 0 aliphatic rings. The predicted molar refractivity (Wildman–Crippen MR) is 78.4 cm³/mol. The SMILES string of the molecule is CCCCC(CC)(CCO[SiH3])c1ccccc1. The summed E-state index contributed by atoms with van der Waals surface area (Å²) >= 11 is 0. The van der Waals surface area contributed by atoms with Gasteiger partial charge in [-0.2, -0.15) is 0 Å². The van der Waals surface area contributed by atoms with Crippen molar-refractivity contribution in [3.63, 3.8) is 0 Å². The Labute approximate surface area is 109 Å². The molecule has 96 valence electrons. The van der Waals surface area contributed by atoms with Crippen molar-refractivity contribution in [2.75, 3.05) is 6.61 Å². The topological polar surface area (TPSA) is 9.23 Å². The molecule has 0 amide bonds. The van der Waals surface area contributed by atoms with E-state index in [1.807, 2.05) is 0 Å². The molecule has 1 atom stereocenters. The van der Waals surface area contributed by atoms with Crippen molar-refractivity contribution in [2.45, 2.75) is 51.4 Å². The average Bonchev–Trinajstić information content (AvgIpc) is 2.41. The minimum atomic E-state index is 0.335. The van der Waals surface area contributed by atoms with E-state index in [-0.39, 0.29) is 0 Å². The van der Waals surface area contributed by atoms with Gasteiger partial charge >= 0.3 is 0 Å². The average molecular weight is 250 g/mol. The summed E-state index contributed by atoms with van der Waals surface area (Å²) in [6.07, 6.45) is 6.24. The first kappa shape index (κ1) is 14.5. The molecule has 0 heterocycles. The molecular formula is C15H26OSi. The van der Waals surface area contributed by atoms with Crippen molar-refractivity contribution >= 4 is 10.5 Å². The second-order valence-electron chi connectivity index (χ2n) is 4.85. The predicted octanol–water partition coefficient (Wildman–Crippen LogP) is 3.21. The maximum absolute atomic E-state index is 5.44. The van der Waals surface area contributed by atoms with Gasteiger partial charge in [-0.05, 0) is 30.2 Å². The summed E-state index contributed by atoms with van der Waals surface area (Å²) in [6, 6.07) is 11.0. The first-order chi connectivity index (χ1) is 8.29. The van der Waals surface area contributed by atoms with Crippen LogP contribution in [0.2, 0.25) is 0 Å². The van der Waals surface area contributed by atoms with Crippen LogP contribution in [0.15, 0.2) is 30.3 Å². The van der Waals surface area contributed by atoms with Gasteiger partial charge in [0, 0.05) is 6.61 Å². The van der Waals surface area contributed by atoms with Crippen LogP contribution in [0.3, 0.4) is 0 Å². The molecule has 0 N–H and O–H groups in total. The van der Waals surface area contributed by atoms with Crippen molar-refractivity contribution in [3.05, 3.63) is 35.9 Å². The quantitative estimate of drug-likeness (QED) is 0.644. The zero-order valence-electron chi connectivity index (χ0n) is 11.5. The van der Waals surface area contributed by atoms with Gasteiger partial charge in [-0.3, -0.25) is 0 Å². The van der Waals surface area contributed by atoms with Gasteiger partial charge in [-0.25, -0.2) is 0 Å². The maximum Gasteiger partial charge on any atom is 0.145 e. The molecule has 0 bridgehead atoms. The lowest BCUT2D eigenvalue weighted by Crippen LogP contribution is -2.27. The van der Waals surface area contributed by atoms with Crippen molar-refractivity contribution < 1.29 is 4.43 Å². The van der Waals surface area contributed by atoms with Crippen molar-refractivity contribution in [3.8, 4) is 0 Å². The Kier molecular flexibility index (Phi) is 6.52. The molecule has 0 saturated carbocycles. The number of benzene rings is 1. The van der Waals surface area contributed by atoms with E-state index < -0.39 is 0 Å². The third kappa shape index (κ3) is 3.97. The minimum Gasteiger partial charge on any atom is -0.428 e. The molecule has 1 aromatic rings. The third-order valence-electron chi connectivity index (χ3n) is 3.86. The molecule has 0 aromatic heterocycles. The number of unbranched alkanes of at least 4 members (excludes halogenated alkanes) is 1. The maximum atomic E-state index is 5.44. The van der Waals surface area contributed by atoms with Gasteiger partial charge in [0.15, 0.2) is 0 Å². The van der Waals surface area contributed by atoms with E-state index in [1.165, 1.54) is 31.2 Å². The smallest absolute Gasteiger partial charge is 0.145 e. The van der Waals surface area contributed by atoms with Crippen LogP contribution in [-0.4, -0.2) is 17.1 Å². The van der Waals surface area contributed by atoms with Crippen LogP contribution in [0.25, 0.3) is 0 Å². The first-order valence-corrected chi connectivity index (χ1v) is 7.65. The van der Waals surface area contributed by atoms with E-state index in [4.69, 9.17) is 4.43 Å². The fraction of sp³-hybridized carbons (Fsp3) is 0.600. The van der Waals surface area contributed by atoms with Gasteiger partial charge in [0.2, 0.25) is 0 Å². The van der Waals surface area contributed by atoms with Crippen LogP contribution in [0, 0.1) is 0 Å². The fourth-order valence-corrected chi connectivity index (χ4v) is 2.78. The van der Waals surface area contributed by atoms with Crippen LogP contribution in [0.4, 0.5) is 0 Å². The first-order valence-electron chi connectivity index (χ1n) is 6.83. The molecule has 0 aliphatic carbocycles. The zero-order valence-corrected chi connectivity index (χ0v) is 13.5. The van der Waals surface area contributed by atoms with Crippen LogP contribution in [0.1, 0.15) is 51.5 Å². The molecule has 0 spiro atoms. The molecule has 0 fully saturated rings. The molecule has 0 aliphatic heterocycles. The van der Waals surface area contributed by atoms with Crippen molar-refractivity contribution in [1.29, 1.82) is 0 Å². The van der Waals surface area contributed by atoms with Crippen LogP contribution < -0.4 is 0 Å². The molecule has 1 aromatic carbocycles. The standard InChI is InChI=1S/C15H26OSi/c1-3-5-11-15(4-2,12-13-16-17)14-9-7-6-8-10-14/h6-10H,3-5,11-13H2,1-2,17H3. The summed E-state index contributed by atoms with van der Waals surface area (Å²) in [5.74, 6) is 0. The fourth-order valence-electron chi connectivity index (χ4n) is 2.58. The lowest BCUT2D eigenvalue weighted by molar-refractivity contribution is 0.251. The largest absolute Gasteiger partial charge is 0.428 e. The van der Waals surface area contributed by atoms with Crippen LogP contribution >= 0.6 is 0 Å². The lowest BCUT2D eigenvalue weighted by Gasteiger charge is -2.33. The van der Waals surface area contributed by atoms with Crippen molar-refractivity contribution in [2.24, 2.45) is 0 Å². The van der Waals surface area contributed by atoms with E-state index in [2.05, 4.69) is 44.2 Å². The monoisotopic (exact) mass is 250 g/mol. The Bertz CT molecular complexity index is 289. The second-order valence-corrected chi connectivity index (χ2v) is 5.42. The minimum absolute atomic E-state index is 0.335. The summed E-state index contributed by atoms with van der Waals surface area (Å²) in [7, 11) is 0.852. The summed E-state index contributed by atoms with van der Waals surface area (Å²) in [5, 5.41) is 0. The van der Waals surface area contributed by atoms with Crippen molar-refractivity contribution in [1.82, 2.24) is 0 Å². The highest BCUT2D eigenvalue weighted by atomic mass is 28.2. The molecule has 0 saturated heterocycles. The number of rotatable bonds is 8. The van der Waals surface area contributed by atoms with Crippen LogP contribution in [0.5, 0.6) is 0 Å². The van der Waals surface area contributed by atoms with E-state index in [0.29, 0.717) is 5.41 Å². The van der Waals surface area contributed by atoms with Gasteiger partial charge < -0.3 is 4.43 Å². The highest BCUT2D eigenvalue weighted by Gasteiger charge is 2.28. The normalized spacial score (nSPS) is 14.7. The Morgan fingerprint density at radius 3 is 2.35 bits per heavy atom. The number of hydrogen-bond acceptors (Lipinski definition) is 1. The Hall–Kier alpha value is -0.603. The zero-order chi connectivity index (χ0) is 12.6. The van der Waals surface area contributed by atoms with E-state index in [9.17, 15) is 0 Å². The van der Waals surface area contributed by atoms with Gasteiger partial charge in [-0.15, -0.1) is 0 Å². The van der Waals surface area contributed by atoms with Gasteiger partial charge in [-0.1, -0.05) is 57.0 Å². The molecular weight excluding hydrogens is 224 g/mol. The van der Waals surface area contributed by atoms with Gasteiger partial charge in [0.25, 0.3) is 0 Å². The summed E-state index contributed by atoms with van der Waals surface area (Å²) in [6.45, 7) is 5.50. The molecule has 1 nitrogen and oxygen atoms in total. The lowest BCUT2D eigenvalue weighted by atomic mass is 9.72. The molecule has 1 rings (SSSR count). The molecule has 1 unspecified atom stereocenters. The van der Waals surface area contributed by atoms with Crippen LogP contribution in [-0.2, 0) is 9.84 Å². The third-order valence-corrected chi connectivity index (χ3v) is 4.26. The molecule has 17 heavy (non-hydrogen) atoms. The molecule has 0 radical (unpaired) electrons.